The summed E-state index contributed by atoms with van der Waals surface area (Å²) < 4.78 is 34.3. The SMILES string of the molecule is CC(=O)NS(=O)(=O)c1ccc(-c2cnc(N3CCOCC3)c3nc(C=Cc4ccc5ccccc5n4)cn23)cc1. The van der Waals surface area contributed by atoms with Crippen LogP contribution in [0.4, 0.5) is 5.82 Å². The van der Waals surface area contributed by atoms with E-state index in [1.807, 2.05) is 63.9 Å². The van der Waals surface area contributed by atoms with Crippen LogP contribution < -0.4 is 9.62 Å². The third-order valence-electron chi connectivity index (χ3n) is 6.59. The molecule has 1 aliphatic rings. The van der Waals surface area contributed by atoms with E-state index in [1.165, 1.54) is 12.1 Å². The zero-order valence-electron chi connectivity index (χ0n) is 21.7. The number of benzene rings is 2. The Morgan fingerprint density at radius 1 is 0.950 bits per heavy atom. The molecule has 40 heavy (non-hydrogen) atoms. The van der Waals surface area contributed by atoms with Crippen LogP contribution in [0.2, 0.25) is 0 Å². The van der Waals surface area contributed by atoms with Crippen LogP contribution in [0.3, 0.4) is 0 Å². The van der Waals surface area contributed by atoms with Gasteiger partial charge in [-0.3, -0.25) is 9.20 Å². The van der Waals surface area contributed by atoms with Gasteiger partial charge in [0.05, 0.1) is 46.9 Å². The van der Waals surface area contributed by atoms with E-state index in [4.69, 9.17) is 19.7 Å². The van der Waals surface area contributed by atoms with E-state index in [9.17, 15) is 13.2 Å². The number of pyridine rings is 1. The van der Waals surface area contributed by atoms with Crippen LogP contribution in [0.25, 0.3) is 40.0 Å². The maximum absolute atomic E-state index is 12.4. The van der Waals surface area contributed by atoms with Crippen molar-refractivity contribution in [2.24, 2.45) is 0 Å². The Hall–Kier alpha value is -4.61. The van der Waals surface area contributed by atoms with Crippen molar-refractivity contribution in [1.29, 1.82) is 0 Å². The smallest absolute Gasteiger partial charge is 0.264 e. The summed E-state index contributed by atoms with van der Waals surface area (Å²) in [7, 11) is -3.93. The lowest BCUT2D eigenvalue weighted by Crippen LogP contribution is -2.37. The third-order valence-corrected chi connectivity index (χ3v) is 8.04. The number of fused-ring (bicyclic) bond motifs is 2. The highest BCUT2D eigenvalue weighted by Crippen LogP contribution is 2.28. The molecule has 5 aromatic rings. The van der Waals surface area contributed by atoms with Crippen LogP contribution in [0.5, 0.6) is 0 Å². The Morgan fingerprint density at radius 2 is 1.70 bits per heavy atom. The molecule has 0 saturated carbocycles. The van der Waals surface area contributed by atoms with Crippen molar-refractivity contribution in [2.45, 2.75) is 11.8 Å². The highest BCUT2D eigenvalue weighted by molar-refractivity contribution is 7.90. The van der Waals surface area contributed by atoms with Gasteiger partial charge >= 0.3 is 0 Å². The van der Waals surface area contributed by atoms with Crippen molar-refractivity contribution in [1.82, 2.24) is 24.1 Å². The van der Waals surface area contributed by atoms with Crippen LogP contribution in [0, 0.1) is 0 Å². The molecule has 11 heteroatoms. The molecule has 1 fully saturated rings. The number of morpholine rings is 1. The predicted molar refractivity (Wildman–Crippen MR) is 153 cm³/mol. The first-order chi connectivity index (χ1) is 19.4. The lowest BCUT2D eigenvalue weighted by molar-refractivity contribution is -0.117. The zero-order valence-corrected chi connectivity index (χ0v) is 22.5. The number of aromatic nitrogens is 4. The Labute approximate surface area is 231 Å². The van der Waals surface area contributed by atoms with E-state index in [0.29, 0.717) is 32.0 Å². The standard InChI is InChI=1S/C29H26N6O4S/c1-20(36)33-40(37,38)25-12-7-22(8-13-25)27-18-30-28(34-14-16-39-17-15-34)29-32-24(19-35(27)29)11-10-23-9-6-21-4-2-3-5-26(21)31-23/h2-13,18-19H,14-17H2,1H3,(H,33,36). The van der Waals surface area contributed by atoms with Crippen molar-refractivity contribution >= 4 is 50.5 Å². The number of imidazole rings is 1. The number of carbonyl (C=O) groups is 1. The summed E-state index contributed by atoms with van der Waals surface area (Å²) in [5.41, 5.74) is 4.63. The van der Waals surface area contributed by atoms with Crippen LogP contribution >= 0.6 is 0 Å². The van der Waals surface area contributed by atoms with Crippen molar-refractivity contribution in [3.8, 4) is 11.3 Å². The van der Waals surface area contributed by atoms with Gasteiger partial charge in [0.15, 0.2) is 11.5 Å². The highest BCUT2D eigenvalue weighted by atomic mass is 32.2. The highest BCUT2D eigenvalue weighted by Gasteiger charge is 2.20. The number of ether oxygens (including phenoxy) is 1. The average Bonchev–Trinajstić information content (AvgIpc) is 3.40. The van der Waals surface area contributed by atoms with Crippen molar-refractivity contribution < 1.29 is 17.9 Å². The number of rotatable bonds is 6. The molecule has 6 rings (SSSR count). The molecule has 2 aromatic carbocycles. The summed E-state index contributed by atoms with van der Waals surface area (Å²) in [5.74, 6) is 0.104. The number of nitrogens with one attached hydrogen (secondary N) is 1. The van der Waals surface area contributed by atoms with E-state index in [0.717, 1.165) is 46.3 Å². The van der Waals surface area contributed by atoms with Crippen LogP contribution in [-0.2, 0) is 19.6 Å². The minimum atomic E-state index is -3.93. The predicted octanol–water partition coefficient (Wildman–Crippen LogP) is 3.78. The molecule has 10 nitrogen and oxygen atoms in total. The summed E-state index contributed by atoms with van der Waals surface area (Å²) in [4.78, 5) is 27.8. The summed E-state index contributed by atoms with van der Waals surface area (Å²) >= 11 is 0. The molecule has 0 atom stereocenters. The normalized spacial score (nSPS) is 14.3. The first kappa shape index (κ1) is 25.7. The minimum absolute atomic E-state index is 0.00210. The van der Waals surface area contributed by atoms with Gasteiger partial charge in [-0.25, -0.2) is 28.1 Å². The molecular weight excluding hydrogens is 528 g/mol. The van der Waals surface area contributed by atoms with Gasteiger partial charge in [0.2, 0.25) is 5.91 Å². The summed E-state index contributed by atoms with van der Waals surface area (Å²) in [6.45, 7) is 3.79. The second kappa shape index (κ2) is 10.5. The summed E-state index contributed by atoms with van der Waals surface area (Å²) in [6.07, 6.45) is 7.53. The van der Waals surface area contributed by atoms with Crippen LogP contribution in [0.15, 0.2) is 78.0 Å². The Bertz CT molecular complexity index is 1860. The Morgan fingerprint density at radius 3 is 2.48 bits per heavy atom. The monoisotopic (exact) mass is 554 g/mol. The van der Waals surface area contributed by atoms with Gasteiger partial charge in [0.25, 0.3) is 10.0 Å². The number of anilines is 1. The van der Waals surface area contributed by atoms with E-state index in [2.05, 4.69) is 4.90 Å². The van der Waals surface area contributed by atoms with Crippen molar-refractivity contribution in [3.05, 3.63) is 84.4 Å². The first-order valence-corrected chi connectivity index (χ1v) is 14.2. The lowest BCUT2D eigenvalue weighted by atomic mass is 10.1. The fourth-order valence-electron chi connectivity index (χ4n) is 4.67. The number of sulfonamides is 1. The number of nitrogens with zero attached hydrogens (tertiary/aromatic N) is 5. The molecule has 1 amide bonds. The molecular formula is C29H26N6O4S. The molecule has 1 aliphatic heterocycles. The molecule has 4 heterocycles. The summed E-state index contributed by atoms with van der Waals surface area (Å²) in [5, 5.41) is 1.08. The average molecular weight is 555 g/mol. The Balaban J connectivity index is 1.40. The first-order valence-electron chi connectivity index (χ1n) is 12.8. The largest absolute Gasteiger partial charge is 0.378 e. The topological polar surface area (TPSA) is 119 Å². The van der Waals surface area contributed by atoms with Crippen LogP contribution in [-0.4, -0.2) is 60.0 Å². The number of amides is 1. The maximum atomic E-state index is 12.4. The number of hydrogen-bond donors (Lipinski definition) is 1. The van der Waals surface area contributed by atoms with Gasteiger partial charge in [-0.05, 0) is 36.4 Å². The molecule has 0 bridgehead atoms. The summed E-state index contributed by atoms with van der Waals surface area (Å²) in [6, 6.07) is 18.3. The molecule has 0 unspecified atom stereocenters. The fourth-order valence-corrected chi connectivity index (χ4v) is 5.66. The lowest BCUT2D eigenvalue weighted by Gasteiger charge is -2.28. The molecule has 0 spiro atoms. The molecule has 3 aromatic heterocycles. The van der Waals surface area contributed by atoms with Crippen molar-refractivity contribution in [3.63, 3.8) is 0 Å². The molecule has 202 valence electrons. The maximum Gasteiger partial charge on any atom is 0.264 e. The molecule has 0 radical (unpaired) electrons. The van der Waals surface area contributed by atoms with Gasteiger partial charge in [0, 0.05) is 37.2 Å². The number of hydrogen-bond acceptors (Lipinski definition) is 8. The number of para-hydroxylation sites is 1. The second-order valence-electron chi connectivity index (χ2n) is 9.37. The third kappa shape index (κ3) is 5.16. The van der Waals surface area contributed by atoms with Gasteiger partial charge in [-0.1, -0.05) is 36.4 Å². The van der Waals surface area contributed by atoms with Gasteiger partial charge < -0.3 is 9.64 Å². The van der Waals surface area contributed by atoms with Crippen molar-refractivity contribution in [2.75, 3.05) is 31.2 Å². The van der Waals surface area contributed by atoms with Gasteiger partial charge in [0.1, 0.15) is 0 Å². The molecule has 0 aliphatic carbocycles. The van der Waals surface area contributed by atoms with E-state index in [-0.39, 0.29) is 4.90 Å². The van der Waals surface area contributed by atoms with Crippen LogP contribution in [0.1, 0.15) is 18.3 Å². The molecule has 1 saturated heterocycles. The van der Waals surface area contributed by atoms with E-state index in [1.54, 1.807) is 18.3 Å². The molecule has 1 N–H and O–H groups in total. The fraction of sp³-hybridized carbons (Fsp3) is 0.172. The zero-order chi connectivity index (χ0) is 27.7. The quantitative estimate of drug-likeness (QED) is 0.337. The van der Waals surface area contributed by atoms with Gasteiger partial charge in [-0.15, -0.1) is 0 Å². The Kier molecular flexibility index (Phi) is 6.74. The van der Waals surface area contributed by atoms with E-state index >= 15 is 0 Å². The second-order valence-corrected chi connectivity index (χ2v) is 11.1. The minimum Gasteiger partial charge on any atom is -0.378 e. The number of carbonyl (C=O) groups excluding carboxylic acids is 1. The van der Waals surface area contributed by atoms with E-state index < -0.39 is 15.9 Å². The van der Waals surface area contributed by atoms with Gasteiger partial charge in [-0.2, -0.15) is 0 Å².